The number of aromatic nitrogens is 2. The van der Waals surface area contributed by atoms with Gasteiger partial charge >= 0.3 is 6.03 Å². The predicted octanol–water partition coefficient (Wildman–Crippen LogP) is 3.44. The van der Waals surface area contributed by atoms with Crippen molar-refractivity contribution in [2.75, 3.05) is 5.32 Å². The highest BCUT2D eigenvalue weighted by atomic mass is 32.1. The molecule has 21 heavy (non-hydrogen) atoms. The van der Waals surface area contributed by atoms with Crippen molar-refractivity contribution in [1.29, 1.82) is 0 Å². The SMILES string of the molecule is Cc1cccnc1CNC(=O)Nc1nc(C2CCC2)cs1. The molecule has 2 amide bonds. The molecule has 2 N–H and O–H groups in total. The molecule has 0 unspecified atom stereocenters. The number of nitrogens with one attached hydrogen (secondary N) is 2. The van der Waals surface area contributed by atoms with Crippen LogP contribution in [0.15, 0.2) is 23.7 Å². The zero-order chi connectivity index (χ0) is 14.7. The lowest BCUT2D eigenvalue weighted by atomic mass is 9.83. The van der Waals surface area contributed by atoms with Gasteiger partial charge in [-0.3, -0.25) is 10.3 Å². The van der Waals surface area contributed by atoms with E-state index in [2.05, 4.69) is 20.6 Å². The smallest absolute Gasteiger partial charge is 0.321 e. The number of nitrogens with zero attached hydrogens (tertiary/aromatic N) is 2. The zero-order valence-electron chi connectivity index (χ0n) is 11.9. The number of urea groups is 1. The Balaban J connectivity index is 1.52. The second-order valence-electron chi connectivity index (χ2n) is 5.28. The van der Waals surface area contributed by atoms with Crippen LogP contribution >= 0.6 is 11.3 Å². The summed E-state index contributed by atoms with van der Waals surface area (Å²) in [5.41, 5.74) is 3.06. The Kier molecular flexibility index (Phi) is 4.15. The monoisotopic (exact) mass is 302 g/mol. The van der Waals surface area contributed by atoms with Crippen LogP contribution in [0.25, 0.3) is 0 Å². The van der Waals surface area contributed by atoms with Crippen molar-refractivity contribution in [1.82, 2.24) is 15.3 Å². The average molecular weight is 302 g/mol. The van der Waals surface area contributed by atoms with E-state index >= 15 is 0 Å². The highest BCUT2D eigenvalue weighted by Gasteiger charge is 2.22. The summed E-state index contributed by atoms with van der Waals surface area (Å²) >= 11 is 1.48. The number of rotatable bonds is 4. The largest absolute Gasteiger partial charge is 0.332 e. The second kappa shape index (κ2) is 6.22. The van der Waals surface area contributed by atoms with E-state index < -0.39 is 0 Å². The quantitative estimate of drug-likeness (QED) is 0.909. The van der Waals surface area contributed by atoms with Gasteiger partial charge in [-0.2, -0.15) is 0 Å². The van der Waals surface area contributed by atoms with Crippen LogP contribution in [-0.4, -0.2) is 16.0 Å². The average Bonchev–Trinajstić information content (AvgIpc) is 2.84. The third-order valence-corrected chi connectivity index (χ3v) is 4.58. The van der Waals surface area contributed by atoms with Crippen molar-refractivity contribution >= 4 is 22.5 Å². The molecule has 0 spiro atoms. The van der Waals surface area contributed by atoms with Gasteiger partial charge in [-0.1, -0.05) is 12.5 Å². The number of hydrogen-bond donors (Lipinski definition) is 2. The Hall–Kier alpha value is -1.95. The molecule has 1 aliphatic carbocycles. The predicted molar refractivity (Wildman–Crippen MR) is 83.5 cm³/mol. The summed E-state index contributed by atoms with van der Waals surface area (Å²) in [6.45, 7) is 2.40. The Labute approximate surface area is 127 Å². The molecule has 1 saturated carbocycles. The van der Waals surface area contributed by atoms with Gasteiger partial charge in [0.1, 0.15) is 0 Å². The molecule has 0 radical (unpaired) electrons. The summed E-state index contributed by atoms with van der Waals surface area (Å²) < 4.78 is 0. The summed E-state index contributed by atoms with van der Waals surface area (Å²) in [7, 11) is 0. The van der Waals surface area contributed by atoms with E-state index in [0.29, 0.717) is 17.6 Å². The van der Waals surface area contributed by atoms with Crippen LogP contribution in [0.3, 0.4) is 0 Å². The minimum absolute atomic E-state index is 0.241. The van der Waals surface area contributed by atoms with Crippen molar-refractivity contribution < 1.29 is 4.79 Å². The number of hydrogen-bond acceptors (Lipinski definition) is 4. The minimum Gasteiger partial charge on any atom is -0.332 e. The van der Waals surface area contributed by atoms with Gasteiger partial charge in [-0.25, -0.2) is 9.78 Å². The van der Waals surface area contributed by atoms with Crippen LogP contribution in [0.2, 0.25) is 0 Å². The van der Waals surface area contributed by atoms with E-state index in [1.54, 1.807) is 6.20 Å². The van der Waals surface area contributed by atoms with Crippen LogP contribution < -0.4 is 10.6 Å². The van der Waals surface area contributed by atoms with Gasteiger partial charge in [0.2, 0.25) is 0 Å². The molecule has 1 fully saturated rings. The van der Waals surface area contributed by atoms with Crippen molar-refractivity contribution in [3.63, 3.8) is 0 Å². The normalized spacial score (nSPS) is 14.5. The van der Waals surface area contributed by atoms with Gasteiger partial charge in [-0.05, 0) is 31.4 Å². The molecule has 6 heteroatoms. The van der Waals surface area contributed by atoms with E-state index in [9.17, 15) is 4.79 Å². The lowest BCUT2D eigenvalue weighted by Crippen LogP contribution is -2.28. The molecule has 1 aliphatic rings. The van der Waals surface area contributed by atoms with Crippen LogP contribution in [-0.2, 0) is 6.54 Å². The van der Waals surface area contributed by atoms with Crippen LogP contribution in [0.1, 0.15) is 42.1 Å². The maximum atomic E-state index is 11.9. The summed E-state index contributed by atoms with van der Waals surface area (Å²) in [6, 6.07) is 3.62. The lowest BCUT2D eigenvalue weighted by molar-refractivity contribution is 0.251. The highest BCUT2D eigenvalue weighted by molar-refractivity contribution is 7.13. The van der Waals surface area contributed by atoms with Crippen molar-refractivity contribution in [3.8, 4) is 0 Å². The van der Waals surface area contributed by atoms with Crippen LogP contribution in [0, 0.1) is 6.92 Å². The maximum absolute atomic E-state index is 11.9. The van der Waals surface area contributed by atoms with Gasteiger partial charge in [0, 0.05) is 17.5 Å². The number of amides is 2. The molecule has 3 rings (SSSR count). The molecule has 2 aromatic heterocycles. The molecular weight excluding hydrogens is 284 g/mol. The molecule has 0 bridgehead atoms. The minimum atomic E-state index is -0.241. The van der Waals surface area contributed by atoms with E-state index in [1.165, 1.54) is 30.6 Å². The van der Waals surface area contributed by atoms with Crippen LogP contribution in [0.4, 0.5) is 9.93 Å². The first-order valence-electron chi connectivity index (χ1n) is 7.13. The fourth-order valence-electron chi connectivity index (χ4n) is 2.24. The number of pyridine rings is 1. The molecule has 0 atom stereocenters. The van der Waals surface area contributed by atoms with Gasteiger partial charge < -0.3 is 5.32 Å². The summed E-state index contributed by atoms with van der Waals surface area (Å²) in [4.78, 5) is 20.6. The van der Waals surface area contributed by atoms with E-state index in [4.69, 9.17) is 0 Å². The highest BCUT2D eigenvalue weighted by Crippen LogP contribution is 2.37. The first-order valence-corrected chi connectivity index (χ1v) is 8.01. The molecule has 2 aromatic rings. The summed E-state index contributed by atoms with van der Waals surface area (Å²) in [6.07, 6.45) is 5.45. The number of carbonyl (C=O) groups excluding carboxylic acids is 1. The van der Waals surface area contributed by atoms with E-state index in [-0.39, 0.29) is 6.03 Å². The molecule has 2 heterocycles. The van der Waals surface area contributed by atoms with Crippen molar-refractivity contribution in [3.05, 3.63) is 40.7 Å². The Morgan fingerprint density at radius 2 is 2.33 bits per heavy atom. The van der Waals surface area contributed by atoms with E-state index in [1.807, 2.05) is 24.4 Å². The second-order valence-corrected chi connectivity index (χ2v) is 6.14. The number of anilines is 1. The molecule has 0 aliphatic heterocycles. The topological polar surface area (TPSA) is 66.9 Å². The molecule has 0 aromatic carbocycles. The third kappa shape index (κ3) is 3.39. The summed E-state index contributed by atoms with van der Waals surface area (Å²) in [5, 5.41) is 8.30. The van der Waals surface area contributed by atoms with Gasteiger partial charge in [0.05, 0.1) is 17.9 Å². The number of carbonyl (C=O) groups is 1. The fraction of sp³-hybridized carbons (Fsp3) is 0.400. The first-order chi connectivity index (χ1) is 10.2. The molecule has 0 saturated heterocycles. The van der Waals surface area contributed by atoms with Crippen molar-refractivity contribution in [2.24, 2.45) is 0 Å². The molecule has 110 valence electrons. The van der Waals surface area contributed by atoms with Crippen LogP contribution in [0.5, 0.6) is 0 Å². The Morgan fingerprint density at radius 3 is 3.05 bits per heavy atom. The number of thiazole rings is 1. The van der Waals surface area contributed by atoms with E-state index in [0.717, 1.165) is 17.0 Å². The van der Waals surface area contributed by atoms with Gasteiger partial charge in [0.25, 0.3) is 0 Å². The maximum Gasteiger partial charge on any atom is 0.321 e. The first kappa shape index (κ1) is 14.0. The van der Waals surface area contributed by atoms with Crippen molar-refractivity contribution in [2.45, 2.75) is 38.6 Å². The molecule has 5 nitrogen and oxygen atoms in total. The zero-order valence-corrected chi connectivity index (χ0v) is 12.7. The Bertz CT molecular complexity index is 636. The standard InChI is InChI=1S/C15H18N4OS/c1-10-4-3-7-16-12(10)8-17-14(20)19-15-18-13(9-21-15)11-5-2-6-11/h3-4,7,9,11H,2,5-6,8H2,1H3,(H2,17,18,19,20). The third-order valence-electron chi connectivity index (χ3n) is 3.80. The Morgan fingerprint density at radius 1 is 1.48 bits per heavy atom. The lowest BCUT2D eigenvalue weighted by Gasteiger charge is -2.22. The number of aryl methyl sites for hydroxylation is 1. The van der Waals surface area contributed by atoms with Gasteiger partial charge in [0.15, 0.2) is 5.13 Å². The van der Waals surface area contributed by atoms with Gasteiger partial charge in [-0.15, -0.1) is 11.3 Å². The fourth-order valence-corrected chi connectivity index (χ4v) is 3.03. The molecular formula is C15H18N4OS. The summed E-state index contributed by atoms with van der Waals surface area (Å²) in [5.74, 6) is 0.594.